The smallest absolute Gasteiger partial charge is 0.265 e. The van der Waals surface area contributed by atoms with Crippen LogP contribution in [0.2, 0.25) is 5.02 Å². The number of carbonyl (C=O) groups excluding carboxylic acids is 1. The monoisotopic (exact) mass is 483 g/mol. The molecule has 10 heteroatoms. The fraction of sp³-hybridized carbons (Fsp3) is 0.217. The van der Waals surface area contributed by atoms with Crippen LogP contribution < -0.4 is 10.9 Å². The van der Waals surface area contributed by atoms with Gasteiger partial charge in [0.05, 0.1) is 22.9 Å². The summed E-state index contributed by atoms with van der Waals surface area (Å²) in [4.78, 5) is 30.6. The van der Waals surface area contributed by atoms with E-state index in [4.69, 9.17) is 16.6 Å². The van der Waals surface area contributed by atoms with Crippen molar-refractivity contribution in [3.05, 3.63) is 74.9 Å². The second kappa shape index (κ2) is 8.31. The number of nitrogens with zero attached hydrogens (tertiary/aromatic N) is 4. The van der Waals surface area contributed by atoms with E-state index in [1.807, 2.05) is 26.0 Å². The summed E-state index contributed by atoms with van der Waals surface area (Å²) in [6, 6.07) is 9.65. The van der Waals surface area contributed by atoms with Gasteiger partial charge < -0.3 is 5.32 Å². The number of benzene rings is 2. The average molecular weight is 484 g/mol. The van der Waals surface area contributed by atoms with E-state index in [0.29, 0.717) is 27.6 Å². The van der Waals surface area contributed by atoms with Gasteiger partial charge in [0.1, 0.15) is 11.2 Å². The van der Waals surface area contributed by atoms with E-state index in [9.17, 15) is 14.0 Å². The lowest BCUT2D eigenvalue weighted by atomic mass is 10.1. The molecule has 0 spiro atoms. The summed E-state index contributed by atoms with van der Waals surface area (Å²) in [5.74, 6) is -0.309. The summed E-state index contributed by atoms with van der Waals surface area (Å²) < 4.78 is 16.6. The largest absolute Gasteiger partial charge is 0.326 e. The molecule has 5 rings (SSSR count). The Morgan fingerprint density at radius 3 is 2.85 bits per heavy atom. The molecule has 0 saturated carbocycles. The van der Waals surface area contributed by atoms with E-state index in [0.717, 1.165) is 16.8 Å². The number of hydrogen-bond donors (Lipinski definition) is 1. The quantitative estimate of drug-likeness (QED) is 0.427. The van der Waals surface area contributed by atoms with Gasteiger partial charge in [0, 0.05) is 17.9 Å². The molecule has 1 atom stereocenters. The molecule has 3 heterocycles. The zero-order valence-corrected chi connectivity index (χ0v) is 19.4. The first-order valence-electron chi connectivity index (χ1n) is 10.3. The molecule has 1 amide bonds. The minimum atomic E-state index is -0.557. The predicted octanol–water partition coefficient (Wildman–Crippen LogP) is 4.67. The van der Waals surface area contributed by atoms with Crippen LogP contribution in [-0.2, 0) is 4.79 Å². The molecule has 4 aromatic rings. The number of thioether (sulfide) groups is 1. The number of nitrogens with one attached hydrogen (secondary N) is 1. The van der Waals surface area contributed by atoms with Gasteiger partial charge in [0.15, 0.2) is 10.8 Å². The van der Waals surface area contributed by atoms with Gasteiger partial charge in [-0.15, -0.1) is 0 Å². The zero-order valence-electron chi connectivity index (χ0n) is 17.8. The molecule has 1 unspecified atom stereocenters. The third-order valence-electron chi connectivity index (χ3n) is 5.58. The molecule has 33 heavy (non-hydrogen) atoms. The summed E-state index contributed by atoms with van der Waals surface area (Å²) >= 11 is 7.21. The van der Waals surface area contributed by atoms with Crippen LogP contribution >= 0.6 is 23.4 Å². The van der Waals surface area contributed by atoms with Gasteiger partial charge in [-0.3, -0.25) is 14.2 Å². The molecule has 168 valence electrons. The van der Waals surface area contributed by atoms with Crippen LogP contribution in [-0.4, -0.2) is 31.0 Å². The van der Waals surface area contributed by atoms with Crippen molar-refractivity contribution in [3.8, 4) is 5.69 Å². The standard InChI is InChI=1S/C23H19ClFN5O2S/c1-12-3-6-19(13(2)7-12)30-21-16(10-26-30)22(32)29-15(11-33-23(29)28-21)9-20(31)27-14-4-5-18(25)17(24)8-14/h3-8,10,15H,9,11H2,1-2H3,(H,27,31). The molecule has 0 saturated heterocycles. The van der Waals surface area contributed by atoms with E-state index in [1.165, 1.54) is 36.2 Å². The van der Waals surface area contributed by atoms with Crippen LogP contribution in [0.25, 0.3) is 16.7 Å². The maximum absolute atomic E-state index is 13.4. The second-order valence-electron chi connectivity index (χ2n) is 8.00. The maximum Gasteiger partial charge on any atom is 0.265 e. The first-order chi connectivity index (χ1) is 15.8. The molecule has 7 nitrogen and oxygen atoms in total. The summed E-state index contributed by atoms with van der Waals surface area (Å²) in [6.45, 7) is 4.01. The molecule has 1 aliphatic heterocycles. The van der Waals surface area contributed by atoms with Crippen molar-refractivity contribution >= 4 is 46.0 Å². The highest BCUT2D eigenvalue weighted by Crippen LogP contribution is 2.34. The van der Waals surface area contributed by atoms with Crippen molar-refractivity contribution in [3.63, 3.8) is 0 Å². The van der Waals surface area contributed by atoms with Crippen molar-refractivity contribution in [1.82, 2.24) is 19.3 Å². The topological polar surface area (TPSA) is 81.8 Å². The number of aryl methyl sites for hydroxylation is 2. The second-order valence-corrected chi connectivity index (χ2v) is 9.39. The van der Waals surface area contributed by atoms with Crippen LogP contribution in [0.5, 0.6) is 0 Å². The summed E-state index contributed by atoms with van der Waals surface area (Å²) in [5.41, 5.74) is 3.71. The first kappa shape index (κ1) is 21.7. The van der Waals surface area contributed by atoms with Crippen LogP contribution in [0.4, 0.5) is 10.1 Å². The van der Waals surface area contributed by atoms with Crippen molar-refractivity contribution in [2.45, 2.75) is 31.5 Å². The third kappa shape index (κ3) is 3.91. The molecule has 0 radical (unpaired) electrons. The number of anilines is 1. The Hall–Kier alpha value is -3.17. The number of carbonyl (C=O) groups is 1. The molecule has 0 fully saturated rings. The SMILES string of the molecule is Cc1ccc(-n2ncc3c(=O)n4c(nc32)SCC4CC(=O)Nc2ccc(F)c(Cl)c2)c(C)c1. The molecule has 0 aliphatic carbocycles. The highest BCUT2D eigenvalue weighted by atomic mass is 35.5. The summed E-state index contributed by atoms with van der Waals surface area (Å²) in [5, 5.41) is 8.02. The Bertz CT molecular complexity index is 1480. The van der Waals surface area contributed by atoms with E-state index < -0.39 is 5.82 Å². The van der Waals surface area contributed by atoms with Crippen LogP contribution in [0.1, 0.15) is 23.6 Å². The van der Waals surface area contributed by atoms with E-state index >= 15 is 0 Å². The highest BCUT2D eigenvalue weighted by molar-refractivity contribution is 7.99. The van der Waals surface area contributed by atoms with E-state index in [2.05, 4.69) is 16.5 Å². The molecule has 1 N–H and O–H groups in total. The number of fused-ring (bicyclic) bond motifs is 2. The van der Waals surface area contributed by atoms with E-state index in [-0.39, 0.29) is 29.0 Å². The number of hydrogen-bond acceptors (Lipinski definition) is 5. The molecular formula is C23H19ClFN5O2S. The Balaban J connectivity index is 1.45. The van der Waals surface area contributed by atoms with Gasteiger partial charge in [-0.2, -0.15) is 5.10 Å². The number of halogens is 2. The van der Waals surface area contributed by atoms with Gasteiger partial charge in [-0.05, 0) is 43.7 Å². The minimum absolute atomic E-state index is 0.0711. The Morgan fingerprint density at radius 2 is 2.09 bits per heavy atom. The van der Waals surface area contributed by atoms with Crippen LogP contribution in [0, 0.1) is 19.7 Å². The lowest BCUT2D eigenvalue weighted by Gasteiger charge is -2.14. The molecule has 2 aromatic carbocycles. The lowest BCUT2D eigenvalue weighted by Crippen LogP contribution is -2.27. The van der Waals surface area contributed by atoms with E-state index in [1.54, 1.807) is 9.25 Å². The lowest BCUT2D eigenvalue weighted by molar-refractivity contribution is -0.116. The number of aromatic nitrogens is 4. The predicted molar refractivity (Wildman–Crippen MR) is 127 cm³/mol. The van der Waals surface area contributed by atoms with Crippen molar-refractivity contribution in [2.24, 2.45) is 0 Å². The molecule has 0 bridgehead atoms. The fourth-order valence-electron chi connectivity index (χ4n) is 4.00. The van der Waals surface area contributed by atoms with Crippen LogP contribution in [0.3, 0.4) is 0 Å². The van der Waals surface area contributed by atoms with Gasteiger partial charge in [0.2, 0.25) is 5.91 Å². The van der Waals surface area contributed by atoms with Crippen LogP contribution in [0.15, 0.2) is 52.5 Å². The summed E-state index contributed by atoms with van der Waals surface area (Å²) in [7, 11) is 0. The Kier molecular flexibility index (Phi) is 5.46. The van der Waals surface area contributed by atoms with Crippen molar-refractivity contribution in [2.75, 3.05) is 11.1 Å². The zero-order chi connectivity index (χ0) is 23.3. The molecule has 2 aromatic heterocycles. The average Bonchev–Trinajstić information content (AvgIpc) is 3.36. The Labute approximate surface area is 197 Å². The highest BCUT2D eigenvalue weighted by Gasteiger charge is 2.29. The van der Waals surface area contributed by atoms with Gasteiger partial charge in [0.25, 0.3) is 5.56 Å². The third-order valence-corrected chi connectivity index (χ3v) is 6.96. The maximum atomic E-state index is 13.4. The molecule has 1 aliphatic rings. The van der Waals surface area contributed by atoms with Crippen molar-refractivity contribution in [1.29, 1.82) is 0 Å². The Morgan fingerprint density at radius 1 is 1.27 bits per heavy atom. The first-order valence-corrected chi connectivity index (χ1v) is 11.6. The number of rotatable bonds is 4. The van der Waals surface area contributed by atoms with Gasteiger partial charge >= 0.3 is 0 Å². The van der Waals surface area contributed by atoms with Crippen molar-refractivity contribution < 1.29 is 9.18 Å². The minimum Gasteiger partial charge on any atom is -0.326 e. The molecular weight excluding hydrogens is 465 g/mol. The number of amides is 1. The fourth-order valence-corrected chi connectivity index (χ4v) is 5.31. The summed E-state index contributed by atoms with van der Waals surface area (Å²) in [6.07, 6.45) is 1.60. The normalized spacial score (nSPS) is 15.1. The van der Waals surface area contributed by atoms with Gasteiger partial charge in [-0.25, -0.2) is 14.1 Å². The van der Waals surface area contributed by atoms with Gasteiger partial charge in [-0.1, -0.05) is 41.1 Å².